The Bertz CT molecular complexity index is 809. The van der Waals surface area contributed by atoms with Crippen LogP contribution in [0.5, 0.6) is 5.75 Å². The number of hydrogen-bond acceptors (Lipinski definition) is 5. The molecule has 1 aromatic carbocycles. The van der Waals surface area contributed by atoms with Gasteiger partial charge in [0.25, 0.3) is 0 Å². The first-order chi connectivity index (χ1) is 12.9. The lowest BCUT2D eigenvalue weighted by Crippen LogP contribution is -2.55. The minimum absolute atomic E-state index is 0.0965. The number of aliphatic hydroxyl groups is 2. The molecule has 4 atom stereocenters. The second-order valence-electron chi connectivity index (χ2n) is 7.56. The predicted molar refractivity (Wildman–Crippen MR) is 108 cm³/mol. The van der Waals surface area contributed by atoms with Gasteiger partial charge in [0.2, 0.25) is 0 Å². The lowest BCUT2D eigenvalue weighted by molar-refractivity contribution is -0.0674. The fraction of sp³-hybridized carbons (Fsp3) is 0.500. The van der Waals surface area contributed by atoms with Gasteiger partial charge in [0, 0.05) is 24.2 Å². The summed E-state index contributed by atoms with van der Waals surface area (Å²) in [6.45, 7) is 9.29. The van der Waals surface area contributed by atoms with Gasteiger partial charge in [-0.3, -0.25) is 9.88 Å². The first-order valence-corrected chi connectivity index (χ1v) is 9.64. The Morgan fingerprint density at radius 2 is 2.22 bits per heavy atom. The van der Waals surface area contributed by atoms with Gasteiger partial charge < -0.3 is 14.9 Å². The van der Waals surface area contributed by atoms with E-state index in [1.807, 2.05) is 24.3 Å². The van der Waals surface area contributed by atoms with Crippen LogP contribution in [-0.2, 0) is 0 Å². The fourth-order valence-corrected chi connectivity index (χ4v) is 4.14. The predicted octanol–water partition coefficient (Wildman–Crippen LogP) is 3.31. The molecular weight excluding hydrogens is 340 g/mol. The minimum atomic E-state index is -0.922. The molecule has 0 spiro atoms. The molecule has 2 unspecified atom stereocenters. The van der Waals surface area contributed by atoms with E-state index in [0.29, 0.717) is 6.54 Å². The third-order valence-electron chi connectivity index (χ3n) is 6.07. The molecule has 5 nitrogen and oxygen atoms in total. The second kappa shape index (κ2) is 7.97. The Morgan fingerprint density at radius 3 is 2.89 bits per heavy atom. The molecule has 1 aliphatic heterocycles. The number of pyridine rings is 1. The number of benzene rings is 1. The quantitative estimate of drug-likeness (QED) is 0.764. The summed E-state index contributed by atoms with van der Waals surface area (Å²) in [5, 5.41) is 23.1. The molecule has 2 N–H and O–H groups in total. The van der Waals surface area contributed by atoms with Crippen molar-refractivity contribution < 1.29 is 14.9 Å². The van der Waals surface area contributed by atoms with Crippen molar-refractivity contribution in [3.63, 3.8) is 0 Å². The van der Waals surface area contributed by atoms with Gasteiger partial charge in [0.1, 0.15) is 5.75 Å². The van der Waals surface area contributed by atoms with Gasteiger partial charge in [-0.05, 0) is 55.1 Å². The zero-order chi connectivity index (χ0) is 19.6. The van der Waals surface area contributed by atoms with Crippen LogP contribution in [0.15, 0.2) is 43.1 Å². The van der Waals surface area contributed by atoms with Crippen LogP contribution in [0.2, 0.25) is 0 Å². The van der Waals surface area contributed by atoms with Crippen LogP contribution in [0.4, 0.5) is 0 Å². The van der Waals surface area contributed by atoms with E-state index in [0.717, 1.165) is 41.6 Å². The van der Waals surface area contributed by atoms with Gasteiger partial charge in [-0.2, -0.15) is 0 Å². The largest absolute Gasteiger partial charge is 0.497 e. The molecule has 0 bridgehead atoms. The smallest absolute Gasteiger partial charge is 0.119 e. The van der Waals surface area contributed by atoms with Crippen molar-refractivity contribution in [2.75, 3.05) is 20.2 Å². The van der Waals surface area contributed by atoms with E-state index in [1.165, 1.54) is 0 Å². The number of ether oxygens (including phenoxy) is 1. The van der Waals surface area contributed by atoms with Crippen molar-refractivity contribution in [1.29, 1.82) is 0 Å². The maximum absolute atomic E-state index is 11.3. The summed E-state index contributed by atoms with van der Waals surface area (Å²) in [6, 6.07) is 7.48. The number of rotatable bonds is 6. The minimum Gasteiger partial charge on any atom is -0.497 e. The van der Waals surface area contributed by atoms with E-state index < -0.39 is 11.7 Å². The standard InChI is InChI=1S/C22H30N2O3/c1-5-20(24-12-10-15(3)22(26,6-2)14-24)21(25)17-9-11-23-19-8-7-16(27-4)13-18(17)19/h6-9,11,13,15,20-21,25-26H,2,5,10,12,14H2,1,3-4H3/t15?,20-,21+,22?/m0/s1. The van der Waals surface area contributed by atoms with Crippen LogP contribution in [0, 0.1) is 5.92 Å². The molecule has 146 valence electrons. The zero-order valence-electron chi connectivity index (χ0n) is 16.4. The van der Waals surface area contributed by atoms with E-state index in [4.69, 9.17) is 4.74 Å². The lowest BCUT2D eigenvalue weighted by Gasteiger charge is -2.46. The summed E-state index contributed by atoms with van der Waals surface area (Å²) in [4.78, 5) is 6.60. The number of piperidine rings is 1. The van der Waals surface area contributed by atoms with Crippen molar-refractivity contribution in [2.24, 2.45) is 5.92 Å². The highest BCUT2D eigenvalue weighted by Crippen LogP contribution is 2.35. The van der Waals surface area contributed by atoms with Gasteiger partial charge in [0.05, 0.1) is 24.3 Å². The Kier molecular flexibility index (Phi) is 5.84. The summed E-state index contributed by atoms with van der Waals surface area (Å²) in [7, 11) is 1.63. The third kappa shape index (κ3) is 3.72. The van der Waals surface area contributed by atoms with Gasteiger partial charge >= 0.3 is 0 Å². The Morgan fingerprint density at radius 1 is 1.44 bits per heavy atom. The van der Waals surface area contributed by atoms with Gasteiger partial charge in [-0.15, -0.1) is 6.58 Å². The van der Waals surface area contributed by atoms with Crippen LogP contribution in [0.3, 0.4) is 0 Å². The molecule has 1 aromatic heterocycles. The molecule has 27 heavy (non-hydrogen) atoms. The molecule has 0 radical (unpaired) electrons. The van der Waals surface area contributed by atoms with Crippen molar-refractivity contribution in [3.8, 4) is 5.75 Å². The summed E-state index contributed by atoms with van der Waals surface area (Å²) >= 11 is 0. The Labute approximate surface area is 161 Å². The van der Waals surface area contributed by atoms with Gasteiger partial charge in [-0.25, -0.2) is 0 Å². The molecule has 5 heteroatoms. The maximum atomic E-state index is 11.3. The van der Waals surface area contributed by atoms with Crippen LogP contribution in [-0.4, -0.2) is 51.9 Å². The fourth-order valence-electron chi connectivity index (χ4n) is 4.14. The number of aromatic nitrogens is 1. The summed E-state index contributed by atoms with van der Waals surface area (Å²) < 4.78 is 5.35. The van der Waals surface area contributed by atoms with Crippen LogP contribution in [0.25, 0.3) is 10.9 Å². The Balaban J connectivity index is 1.95. The van der Waals surface area contributed by atoms with E-state index in [1.54, 1.807) is 19.4 Å². The maximum Gasteiger partial charge on any atom is 0.119 e. The monoisotopic (exact) mass is 370 g/mol. The van der Waals surface area contributed by atoms with E-state index in [-0.39, 0.29) is 12.0 Å². The molecule has 2 heterocycles. The highest BCUT2D eigenvalue weighted by atomic mass is 16.5. The molecule has 3 rings (SSSR count). The van der Waals surface area contributed by atoms with Crippen LogP contribution < -0.4 is 4.74 Å². The van der Waals surface area contributed by atoms with Crippen molar-refractivity contribution in [1.82, 2.24) is 9.88 Å². The van der Waals surface area contributed by atoms with Gasteiger partial charge in [-0.1, -0.05) is 19.9 Å². The second-order valence-corrected chi connectivity index (χ2v) is 7.56. The van der Waals surface area contributed by atoms with Crippen molar-refractivity contribution in [3.05, 3.63) is 48.7 Å². The number of methoxy groups -OCH3 is 1. The van der Waals surface area contributed by atoms with E-state index >= 15 is 0 Å². The average Bonchev–Trinajstić information content (AvgIpc) is 2.70. The van der Waals surface area contributed by atoms with Crippen LogP contribution in [0.1, 0.15) is 38.4 Å². The number of hydrogen-bond donors (Lipinski definition) is 2. The van der Waals surface area contributed by atoms with E-state index in [2.05, 4.69) is 30.3 Å². The molecule has 0 saturated carbocycles. The average molecular weight is 370 g/mol. The molecule has 1 saturated heterocycles. The highest BCUT2D eigenvalue weighted by Gasteiger charge is 2.40. The first kappa shape index (κ1) is 19.8. The number of nitrogens with zero attached hydrogens (tertiary/aromatic N) is 2. The van der Waals surface area contributed by atoms with E-state index in [9.17, 15) is 10.2 Å². The molecule has 1 aliphatic rings. The zero-order valence-corrected chi connectivity index (χ0v) is 16.4. The number of fused-ring (bicyclic) bond motifs is 1. The summed E-state index contributed by atoms with van der Waals surface area (Å²) in [5.41, 5.74) is 0.748. The lowest BCUT2D eigenvalue weighted by atomic mass is 9.81. The molecule has 0 aliphatic carbocycles. The number of aliphatic hydroxyl groups excluding tert-OH is 1. The Hall–Kier alpha value is -1.95. The van der Waals surface area contributed by atoms with Gasteiger partial charge in [0.15, 0.2) is 0 Å². The summed E-state index contributed by atoms with van der Waals surface area (Å²) in [5.74, 6) is 0.900. The van der Waals surface area contributed by atoms with Crippen LogP contribution >= 0.6 is 0 Å². The number of likely N-dealkylation sites (tertiary alicyclic amines) is 1. The van der Waals surface area contributed by atoms with Crippen molar-refractivity contribution >= 4 is 10.9 Å². The molecule has 1 fully saturated rings. The highest BCUT2D eigenvalue weighted by molar-refractivity contribution is 5.83. The SMILES string of the molecule is C=CC1(O)CN([C@@H](CC)[C@H](O)c2ccnc3ccc(OC)cc23)CCC1C. The molecule has 0 amide bonds. The normalized spacial score (nSPS) is 25.9. The molecular formula is C22H30N2O3. The van der Waals surface area contributed by atoms with Crippen molar-refractivity contribution in [2.45, 2.75) is 44.4 Å². The first-order valence-electron chi connectivity index (χ1n) is 9.64. The third-order valence-corrected chi connectivity index (χ3v) is 6.07. The molecule has 2 aromatic rings. The summed E-state index contributed by atoms with van der Waals surface area (Å²) in [6.07, 6.45) is 4.34. The number of β-amino-alcohol motifs (C(OH)–C–C–N with tert-alkyl or cyclic N) is 1. The topological polar surface area (TPSA) is 65.8 Å².